The quantitative estimate of drug-likeness (QED) is 0.882. The van der Waals surface area contributed by atoms with E-state index in [4.69, 9.17) is 4.74 Å². The van der Waals surface area contributed by atoms with Crippen LogP contribution >= 0.6 is 0 Å². The van der Waals surface area contributed by atoms with Crippen molar-refractivity contribution < 1.29 is 9.53 Å². The molecule has 2 aromatic carbocycles. The van der Waals surface area contributed by atoms with E-state index >= 15 is 0 Å². The topological polar surface area (TPSA) is 44.8 Å². The molecule has 0 aromatic heterocycles. The van der Waals surface area contributed by atoms with Gasteiger partial charge in [-0.15, -0.1) is 0 Å². The summed E-state index contributed by atoms with van der Waals surface area (Å²) in [5, 5.41) is 3.07. The first-order chi connectivity index (χ1) is 12.6. The number of hydrogen-bond acceptors (Lipinski definition) is 3. The van der Waals surface area contributed by atoms with E-state index in [2.05, 4.69) is 41.4 Å². The molecule has 2 aliphatic heterocycles. The Morgan fingerprint density at radius 3 is 2.92 bits per heavy atom. The molecule has 2 aromatic rings. The molecule has 5 heteroatoms. The van der Waals surface area contributed by atoms with Crippen molar-refractivity contribution in [3.8, 4) is 5.75 Å². The molecule has 2 heterocycles. The van der Waals surface area contributed by atoms with Gasteiger partial charge in [0.15, 0.2) is 0 Å². The Hall–Kier alpha value is -2.69. The molecule has 0 saturated carbocycles. The van der Waals surface area contributed by atoms with Crippen LogP contribution in [0.3, 0.4) is 0 Å². The van der Waals surface area contributed by atoms with Gasteiger partial charge in [0.1, 0.15) is 12.4 Å². The normalized spacial score (nSPS) is 19.1. The summed E-state index contributed by atoms with van der Waals surface area (Å²) < 4.78 is 5.67. The maximum atomic E-state index is 12.9. The van der Waals surface area contributed by atoms with Gasteiger partial charge in [0.25, 0.3) is 0 Å². The number of benzene rings is 2. The smallest absolute Gasteiger partial charge is 0.322 e. The zero-order chi connectivity index (χ0) is 18.1. The van der Waals surface area contributed by atoms with Gasteiger partial charge < -0.3 is 19.9 Å². The number of rotatable bonds is 2. The lowest BCUT2D eigenvalue weighted by molar-refractivity contribution is 0.207. The van der Waals surface area contributed by atoms with Crippen molar-refractivity contribution in [3.63, 3.8) is 0 Å². The van der Waals surface area contributed by atoms with E-state index in [0.717, 1.165) is 43.1 Å². The highest BCUT2D eigenvalue weighted by atomic mass is 16.5. The van der Waals surface area contributed by atoms with E-state index < -0.39 is 0 Å². The van der Waals surface area contributed by atoms with E-state index in [-0.39, 0.29) is 12.1 Å². The van der Waals surface area contributed by atoms with Crippen LogP contribution in [0.1, 0.15) is 30.0 Å². The summed E-state index contributed by atoms with van der Waals surface area (Å²) in [4.78, 5) is 17.0. The summed E-state index contributed by atoms with van der Waals surface area (Å²) in [6.07, 6.45) is 2.05. The van der Waals surface area contributed by atoms with Gasteiger partial charge >= 0.3 is 6.03 Å². The summed E-state index contributed by atoms with van der Waals surface area (Å²) in [5.41, 5.74) is 4.27. The van der Waals surface area contributed by atoms with Crippen LogP contribution in [0.4, 0.5) is 16.2 Å². The maximum Gasteiger partial charge on any atom is 0.322 e. The van der Waals surface area contributed by atoms with Crippen LogP contribution in [-0.2, 0) is 0 Å². The minimum atomic E-state index is -0.0339. The molecule has 1 N–H and O–H groups in total. The highest BCUT2D eigenvalue weighted by Crippen LogP contribution is 2.35. The summed E-state index contributed by atoms with van der Waals surface area (Å²) in [6.45, 7) is 4.43. The molecule has 2 amide bonds. The average molecular weight is 351 g/mol. The van der Waals surface area contributed by atoms with Crippen molar-refractivity contribution in [1.82, 2.24) is 4.90 Å². The number of likely N-dealkylation sites (tertiary alicyclic amines) is 1. The van der Waals surface area contributed by atoms with Crippen molar-refractivity contribution in [2.45, 2.75) is 25.8 Å². The number of amides is 2. The van der Waals surface area contributed by atoms with Crippen molar-refractivity contribution in [2.75, 3.05) is 37.0 Å². The lowest BCUT2D eigenvalue weighted by Crippen LogP contribution is -2.34. The largest absolute Gasteiger partial charge is 0.490 e. The Balaban J connectivity index is 1.52. The number of anilines is 2. The second-order valence-electron chi connectivity index (χ2n) is 7.15. The molecule has 0 radical (unpaired) electrons. The molecule has 1 atom stereocenters. The van der Waals surface area contributed by atoms with E-state index in [1.54, 1.807) is 0 Å². The molecular weight excluding hydrogens is 326 g/mol. The molecule has 1 unspecified atom stereocenters. The molecule has 4 rings (SSSR count). The average Bonchev–Trinajstić information content (AvgIpc) is 3.12. The number of urea groups is 1. The third-order valence-corrected chi connectivity index (χ3v) is 5.25. The van der Waals surface area contributed by atoms with Crippen molar-refractivity contribution in [3.05, 3.63) is 53.6 Å². The molecule has 136 valence electrons. The summed E-state index contributed by atoms with van der Waals surface area (Å²) in [6, 6.07) is 14.4. The predicted molar refractivity (Wildman–Crippen MR) is 104 cm³/mol. The first-order valence-corrected chi connectivity index (χ1v) is 9.24. The van der Waals surface area contributed by atoms with Gasteiger partial charge in [-0.25, -0.2) is 4.79 Å². The number of fused-ring (bicyclic) bond motifs is 1. The Morgan fingerprint density at radius 1 is 1.19 bits per heavy atom. The fraction of sp³-hybridized carbons (Fsp3) is 0.381. The van der Waals surface area contributed by atoms with Crippen LogP contribution in [0.5, 0.6) is 5.75 Å². The third kappa shape index (κ3) is 3.21. The van der Waals surface area contributed by atoms with E-state index in [1.165, 1.54) is 11.1 Å². The molecule has 0 bridgehead atoms. The molecule has 1 saturated heterocycles. The highest BCUT2D eigenvalue weighted by molar-refractivity contribution is 5.91. The second kappa shape index (κ2) is 6.90. The van der Waals surface area contributed by atoms with E-state index in [0.29, 0.717) is 6.61 Å². The minimum Gasteiger partial charge on any atom is -0.490 e. The molecule has 0 spiro atoms. The molecule has 2 aliphatic rings. The monoisotopic (exact) mass is 351 g/mol. The number of nitrogens with zero attached hydrogens (tertiary/aromatic N) is 2. The standard InChI is InChI=1S/C21H25N3O2/c1-15-5-3-6-16(13-15)18-7-4-10-24(18)21(25)22-17-8-9-20-19(14-17)23(2)11-12-26-20/h3,5-6,8-9,13-14,18H,4,7,10-12H2,1-2H3,(H,22,25). The van der Waals surface area contributed by atoms with Gasteiger partial charge in [-0.05, 0) is 43.5 Å². The zero-order valence-corrected chi connectivity index (χ0v) is 15.4. The van der Waals surface area contributed by atoms with Gasteiger partial charge in [0, 0.05) is 19.3 Å². The zero-order valence-electron chi connectivity index (χ0n) is 15.4. The summed E-state index contributed by atoms with van der Waals surface area (Å²) in [5.74, 6) is 0.871. The number of likely N-dealkylation sites (N-methyl/N-ethyl adjacent to an activating group) is 1. The van der Waals surface area contributed by atoms with Crippen LogP contribution in [0.25, 0.3) is 0 Å². The minimum absolute atomic E-state index is 0.0339. The fourth-order valence-electron chi connectivity index (χ4n) is 3.86. The van der Waals surface area contributed by atoms with Gasteiger partial charge in [0.05, 0.1) is 18.3 Å². The number of aryl methyl sites for hydroxylation is 1. The van der Waals surface area contributed by atoms with Crippen molar-refractivity contribution in [1.29, 1.82) is 0 Å². The first-order valence-electron chi connectivity index (χ1n) is 9.24. The van der Waals surface area contributed by atoms with E-state index in [1.807, 2.05) is 30.1 Å². The first kappa shape index (κ1) is 16.8. The van der Waals surface area contributed by atoms with E-state index in [9.17, 15) is 4.79 Å². The van der Waals surface area contributed by atoms with Gasteiger partial charge in [-0.1, -0.05) is 29.8 Å². The summed E-state index contributed by atoms with van der Waals surface area (Å²) >= 11 is 0. The number of nitrogens with one attached hydrogen (secondary N) is 1. The van der Waals surface area contributed by atoms with Gasteiger partial charge in [-0.2, -0.15) is 0 Å². The third-order valence-electron chi connectivity index (χ3n) is 5.25. The molecule has 0 aliphatic carbocycles. The summed E-state index contributed by atoms with van der Waals surface area (Å²) in [7, 11) is 2.04. The van der Waals surface area contributed by atoms with Crippen molar-refractivity contribution in [2.24, 2.45) is 0 Å². The van der Waals surface area contributed by atoms with Crippen LogP contribution < -0.4 is 15.0 Å². The Bertz CT molecular complexity index is 821. The maximum absolute atomic E-state index is 12.9. The van der Waals surface area contributed by atoms with Crippen molar-refractivity contribution >= 4 is 17.4 Å². The number of hydrogen-bond donors (Lipinski definition) is 1. The number of carbonyl (C=O) groups excluding carboxylic acids is 1. The Labute approximate surface area is 154 Å². The number of carbonyl (C=O) groups is 1. The lowest BCUT2D eigenvalue weighted by Gasteiger charge is -2.29. The molecular formula is C21H25N3O2. The molecule has 5 nitrogen and oxygen atoms in total. The fourth-order valence-corrected chi connectivity index (χ4v) is 3.86. The van der Waals surface area contributed by atoms with Gasteiger partial charge in [-0.3, -0.25) is 0 Å². The SMILES string of the molecule is Cc1cccc(C2CCCN2C(=O)Nc2ccc3c(c2)N(C)CCO3)c1. The molecule has 1 fully saturated rings. The highest BCUT2D eigenvalue weighted by Gasteiger charge is 2.30. The number of ether oxygens (including phenoxy) is 1. The van der Waals surface area contributed by atoms with Gasteiger partial charge in [0.2, 0.25) is 0 Å². The lowest BCUT2D eigenvalue weighted by atomic mass is 10.0. The predicted octanol–water partition coefficient (Wildman–Crippen LogP) is 4.19. The van der Waals surface area contributed by atoms with Crippen LogP contribution in [0, 0.1) is 6.92 Å². The second-order valence-corrected chi connectivity index (χ2v) is 7.15. The molecule has 26 heavy (non-hydrogen) atoms. The van der Waals surface area contributed by atoms with Crippen LogP contribution in [0.15, 0.2) is 42.5 Å². The van der Waals surface area contributed by atoms with Crippen LogP contribution in [0.2, 0.25) is 0 Å². The Morgan fingerprint density at radius 2 is 2.08 bits per heavy atom. The Kier molecular flexibility index (Phi) is 4.45. The van der Waals surface area contributed by atoms with Crippen LogP contribution in [-0.4, -0.2) is 37.7 Å².